The molecule has 0 fully saturated rings. The third-order valence-electron chi connectivity index (χ3n) is 3.27. The zero-order valence-corrected chi connectivity index (χ0v) is 13.7. The highest BCUT2D eigenvalue weighted by Crippen LogP contribution is 2.30. The highest BCUT2D eigenvalue weighted by Gasteiger charge is 2.30. The van der Waals surface area contributed by atoms with Crippen molar-refractivity contribution in [3.63, 3.8) is 0 Å². The topological polar surface area (TPSA) is 67.4 Å². The molecule has 2 aromatic carbocycles. The minimum absolute atomic E-state index is 0.00181. The number of benzene rings is 2. The summed E-state index contributed by atoms with van der Waals surface area (Å²) < 4.78 is 42.8. The van der Waals surface area contributed by atoms with Crippen molar-refractivity contribution in [2.75, 3.05) is 18.5 Å². The minimum atomic E-state index is -4.49. The van der Waals surface area contributed by atoms with E-state index in [0.717, 1.165) is 17.7 Å². The SMILES string of the molecule is O=C(COCC(=O)Nc1cccc(C(F)(F)F)c1)NCc1ccccc1. The minimum Gasteiger partial charge on any atom is -0.362 e. The predicted octanol–water partition coefficient (Wildman–Crippen LogP) is 2.98. The molecule has 0 aliphatic heterocycles. The first-order valence-electron chi connectivity index (χ1n) is 7.70. The molecule has 8 heteroatoms. The quantitative estimate of drug-likeness (QED) is 0.792. The number of hydrogen-bond acceptors (Lipinski definition) is 3. The number of alkyl halides is 3. The van der Waals surface area contributed by atoms with E-state index in [9.17, 15) is 22.8 Å². The number of hydrogen-bond donors (Lipinski definition) is 2. The zero-order valence-electron chi connectivity index (χ0n) is 13.7. The maximum atomic E-state index is 12.6. The molecule has 26 heavy (non-hydrogen) atoms. The standard InChI is InChI=1S/C18H17F3N2O3/c19-18(20,21)14-7-4-8-15(9-14)23-17(25)12-26-11-16(24)22-10-13-5-2-1-3-6-13/h1-9H,10-12H2,(H,22,24)(H,23,25). The van der Waals surface area contributed by atoms with Crippen LogP contribution in [-0.2, 0) is 27.0 Å². The Morgan fingerprint density at radius 2 is 1.62 bits per heavy atom. The molecule has 0 unspecified atom stereocenters. The van der Waals surface area contributed by atoms with Crippen LogP contribution in [0.5, 0.6) is 0 Å². The van der Waals surface area contributed by atoms with Gasteiger partial charge in [0.2, 0.25) is 11.8 Å². The number of ether oxygens (including phenoxy) is 1. The van der Waals surface area contributed by atoms with Crippen molar-refractivity contribution in [3.8, 4) is 0 Å². The van der Waals surface area contributed by atoms with Crippen LogP contribution in [-0.4, -0.2) is 25.0 Å². The molecular formula is C18H17F3N2O3. The Kier molecular flexibility index (Phi) is 6.74. The highest BCUT2D eigenvalue weighted by atomic mass is 19.4. The fourth-order valence-electron chi connectivity index (χ4n) is 2.05. The van der Waals surface area contributed by atoms with Gasteiger partial charge in [-0.1, -0.05) is 36.4 Å². The number of anilines is 1. The molecule has 2 N–H and O–H groups in total. The van der Waals surface area contributed by atoms with E-state index < -0.39 is 30.2 Å². The van der Waals surface area contributed by atoms with E-state index in [1.807, 2.05) is 30.3 Å². The lowest BCUT2D eigenvalue weighted by molar-refractivity contribution is -0.137. The number of nitrogens with one attached hydrogen (secondary N) is 2. The predicted molar refractivity (Wildman–Crippen MR) is 89.2 cm³/mol. The Labute approximate surface area is 148 Å². The van der Waals surface area contributed by atoms with Crippen molar-refractivity contribution in [2.45, 2.75) is 12.7 Å². The van der Waals surface area contributed by atoms with Crippen molar-refractivity contribution >= 4 is 17.5 Å². The third kappa shape index (κ3) is 6.56. The summed E-state index contributed by atoms with van der Waals surface area (Å²) in [5, 5.41) is 4.92. The van der Waals surface area contributed by atoms with E-state index in [1.165, 1.54) is 12.1 Å². The summed E-state index contributed by atoms with van der Waals surface area (Å²) in [6, 6.07) is 13.5. The first kappa shape index (κ1) is 19.5. The largest absolute Gasteiger partial charge is 0.416 e. The Morgan fingerprint density at radius 1 is 0.923 bits per heavy atom. The summed E-state index contributed by atoms with van der Waals surface area (Å²) in [5.74, 6) is -1.05. The second-order valence-corrected chi connectivity index (χ2v) is 5.38. The molecule has 138 valence electrons. The Balaban J connectivity index is 1.71. The van der Waals surface area contributed by atoms with Crippen molar-refractivity contribution in [2.24, 2.45) is 0 Å². The number of amides is 2. The Hall–Kier alpha value is -2.87. The maximum Gasteiger partial charge on any atom is 0.416 e. The van der Waals surface area contributed by atoms with Gasteiger partial charge in [0.15, 0.2) is 0 Å². The fraction of sp³-hybridized carbons (Fsp3) is 0.222. The van der Waals surface area contributed by atoms with Gasteiger partial charge >= 0.3 is 6.18 Å². The molecule has 0 atom stereocenters. The first-order valence-corrected chi connectivity index (χ1v) is 7.70. The van der Waals surface area contributed by atoms with Crippen LogP contribution in [0, 0.1) is 0 Å². The molecule has 2 rings (SSSR count). The summed E-state index contributed by atoms with van der Waals surface area (Å²) in [7, 11) is 0. The normalized spacial score (nSPS) is 11.0. The fourth-order valence-corrected chi connectivity index (χ4v) is 2.05. The molecule has 5 nitrogen and oxygen atoms in total. The van der Waals surface area contributed by atoms with Crippen LogP contribution in [0.15, 0.2) is 54.6 Å². The Morgan fingerprint density at radius 3 is 2.31 bits per heavy atom. The lowest BCUT2D eigenvalue weighted by atomic mass is 10.2. The van der Waals surface area contributed by atoms with Crippen LogP contribution in [0.2, 0.25) is 0 Å². The average Bonchev–Trinajstić information content (AvgIpc) is 2.60. The molecule has 0 aliphatic carbocycles. The molecule has 2 aromatic rings. The summed E-state index contributed by atoms with van der Waals surface area (Å²) in [6.45, 7) is -0.447. The second-order valence-electron chi connectivity index (χ2n) is 5.38. The molecule has 0 bridgehead atoms. The average molecular weight is 366 g/mol. The summed E-state index contributed by atoms with van der Waals surface area (Å²) in [5.41, 5.74) is 0.0570. The van der Waals surface area contributed by atoms with Gasteiger partial charge in [0.05, 0.1) is 5.56 Å². The first-order chi connectivity index (χ1) is 12.3. The van der Waals surface area contributed by atoms with E-state index in [4.69, 9.17) is 4.74 Å². The van der Waals surface area contributed by atoms with Crippen molar-refractivity contribution in [3.05, 3.63) is 65.7 Å². The Bertz CT molecular complexity index is 749. The van der Waals surface area contributed by atoms with Crippen molar-refractivity contribution in [1.82, 2.24) is 5.32 Å². The van der Waals surface area contributed by atoms with Gasteiger partial charge < -0.3 is 15.4 Å². The molecule has 0 radical (unpaired) electrons. The van der Waals surface area contributed by atoms with Crippen LogP contribution >= 0.6 is 0 Å². The molecule has 0 saturated heterocycles. The smallest absolute Gasteiger partial charge is 0.362 e. The third-order valence-corrected chi connectivity index (χ3v) is 3.27. The maximum absolute atomic E-state index is 12.6. The van der Waals surface area contributed by atoms with Crippen LogP contribution in [0.3, 0.4) is 0 Å². The molecule has 0 spiro atoms. The van der Waals surface area contributed by atoms with Crippen LogP contribution in [0.4, 0.5) is 18.9 Å². The second kappa shape index (κ2) is 9.00. The van der Waals surface area contributed by atoms with Gasteiger partial charge in [0.25, 0.3) is 0 Å². The van der Waals surface area contributed by atoms with Crippen molar-refractivity contribution in [1.29, 1.82) is 0 Å². The lowest BCUT2D eigenvalue weighted by Gasteiger charge is -2.10. The van der Waals surface area contributed by atoms with Crippen LogP contribution in [0.25, 0.3) is 0 Å². The number of halogens is 3. The molecule has 0 aliphatic rings. The van der Waals surface area contributed by atoms with Gasteiger partial charge in [-0.05, 0) is 23.8 Å². The lowest BCUT2D eigenvalue weighted by Crippen LogP contribution is -2.29. The molecule has 0 aromatic heterocycles. The number of carbonyl (C=O) groups is 2. The van der Waals surface area contributed by atoms with Crippen LogP contribution in [0.1, 0.15) is 11.1 Å². The van der Waals surface area contributed by atoms with Gasteiger partial charge in [0, 0.05) is 12.2 Å². The monoisotopic (exact) mass is 366 g/mol. The van der Waals surface area contributed by atoms with Gasteiger partial charge in [-0.3, -0.25) is 9.59 Å². The number of carbonyl (C=O) groups excluding carboxylic acids is 2. The van der Waals surface area contributed by atoms with E-state index >= 15 is 0 Å². The molecule has 2 amide bonds. The summed E-state index contributed by atoms with van der Waals surface area (Å²) >= 11 is 0. The molecular weight excluding hydrogens is 349 g/mol. The zero-order chi connectivity index (χ0) is 19.0. The molecule has 0 saturated carbocycles. The summed E-state index contributed by atoms with van der Waals surface area (Å²) in [6.07, 6.45) is -4.49. The van der Waals surface area contributed by atoms with E-state index in [0.29, 0.717) is 6.54 Å². The van der Waals surface area contributed by atoms with Gasteiger partial charge in [-0.2, -0.15) is 13.2 Å². The van der Waals surface area contributed by atoms with E-state index in [1.54, 1.807) is 0 Å². The number of rotatable bonds is 7. The van der Waals surface area contributed by atoms with Gasteiger partial charge in [-0.15, -0.1) is 0 Å². The highest BCUT2D eigenvalue weighted by molar-refractivity contribution is 5.92. The molecule has 0 heterocycles. The van der Waals surface area contributed by atoms with Gasteiger partial charge in [0.1, 0.15) is 13.2 Å². The van der Waals surface area contributed by atoms with Gasteiger partial charge in [-0.25, -0.2) is 0 Å². The summed E-state index contributed by atoms with van der Waals surface area (Å²) in [4.78, 5) is 23.3. The van der Waals surface area contributed by atoms with Crippen LogP contribution < -0.4 is 10.6 Å². The van der Waals surface area contributed by atoms with E-state index in [2.05, 4.69) is 10.6 Å². The van der Waals surface area contributed by atoms with Crippen molar-refractivity contribution < 1.29 is 27.5 Å². The van der Waals surface area contributed by atoms with E-state index in [-0.39, 0.29) is 12.3 Å².